The Morgan fingerprint density at radius 2 is 1.43 bits per heavy atom. The summed E-state index contributed by atoms with van der Waals surface area (Å²) >= 11 is 0. The van der Waals surface area contributed by atoms with Crippen LogP contribution in [0.3, 0.4) is 0 Å². The van der Waals surface area contributed by atoms with Crippen molar-refractivity contribution in [1.82, 2.24) is 0 Å². The van der Waals surface area contributed by atoms with Crippen LogP contribution in [0.1, 0.15) is 19.3 Å². The van der Waals surface area contributed by atoms with Crippen LogP contribution in [-0.4, -0.2) is 58.1 Å². The van der Waals surface area contributed by atoms with E-state index in [2.05, 4.69) is 0 Å². The Kier molecular flexibility index (Phi) is 7.04. The average Bonchev–Trinajstić information content (AvgIpc) is 2.23. The molecule has 5 nitrogen and oxygen atoms in total. The van der Waals surface area contributed by atoms with Crippen molar-refractivity contribution in [1.29, 1.82) is 0 Å². The standard InChI is InChI=1S/C9H20O5/c10-3-1-2-8(14)4-9(5-11,6-12)7-13/h8,10-14H,1-7H2. The maximum absolute atomic E-state index is 9.46. The molecule has 86 valence electrons. The first-order valence-electron chi connectivity index (χ1n) is 4.75. The molecule has 0 aromatic heterocycles. The van der Waals surface area contributed by atoms with Crippen LogP contribution in [0, 0.1) is 5.41 Å². The molecule has 5 heteroatoms. The van der Waals surface area contributed by atoms with E-state index < -0.39 is 11.5 Å². The van der Waals surface area contributed by atoms with Crippen molar-refractivity contribution in [2.24, 2.45) is 5.41 Å². The van der Waals surface area contributed by atoms with Crippen LogP contribution in [0.25, 0.3) is 0 Å². The lowest BCUT2D eigenvalue weighted by atomic mass is 9.84. The van der Waals surface area contributed by atoms with Crippen molar-refractivity contribution in [2.75, 3.05) is 26.4 Å². The predicted molar refractivity (Wildman–Crippen MR) is 50.6 cm³/mol. The third-order valence-electron chi connectivity index (χ3n) is 2.37. The third-order valence-corrected chi connectivity index (χ3v) is 2.37. The monoisotopic (exact) mass is 208 g/mol. The summed E-state index contributed by atoms with van der Waals surface area (Å²) in [7, 11) is 0. The first kappa shape index (κ1) is 13.8. The van der Waals surface area contributed by atoms with E-state index in [0.717, 1.165) is 0 Å². The highest BCUT2D eigenvalue weighted by Gasteiger charge is 2.30. The molecule has 0 aromatic carbocycles. The lowest BCUT2D eigenvalue weighted by Gasteiger charge is -2.29. The van der Waals surface area contributed by atoms with Gasteiger partial charge in [-0.05, 0) is 19.3 Å². The zero-order valence-electron chi connectivity index (χ0n) is 8.26. The van der Waals surface area contributed by atoms with Gasteiger partial charge in [0.1, 0.15) is 0 Å². The summed E-state index contributed by atoms with van der Waals surface area (Å²) < 4.78 is 0. The molecule has 0 bridgehead atoms. The lowest BCUT2D eigenvalue weighted by Crippen LogP contribution is -2.37. The van der Waals surface area contributed by atoms with Gasteiger partial charge in [-0.2, -0.15) is 0 Å². The van der Waals surface area contributed by atoms with Gasteiger partial charge in [0.25, 0.3) is 0 Å². The van der Waals surface area contributed by atoms with Crippen LogP contribution in [-0.2, 0) is 0 Å². The van der Waals surface area contributed by atoms with Crippen molar-refractivity contribution in [3.63, 3.8) is 0 Å². The van der Waals surface area contributed by atoms with Crippen molar-refractivity contribution < 1.29 is 25.5 Å². The maximum Gasteiger partial charge on any atom is 0.0549 e. The lowest BCUT2D eigenvalue weighted by molar-refractivity contribution is -0.0324. The molecule has 0 spiro atoms. The van der Waals surface area contributed by atoms with Crippen molar-refractivity contribution in [3.05, 3.63) is 0 Å². The molecule has 0 aliphatic carbocycles. The normalized spacial score (nSPS) is 14.4. The van der Waals surface area contributed by atoms with Crippen LogP contribution in [0.5, 0.6) is 0 Å². The number of rotatable bonds is 8. The van der Waals surface area contributed by atoms with Gasteiger partial charge in [-0.15, -0.1) is 0 Å². The molecule has 0 heterocycles. The van der Waals surface area contributed by atoms with Gasteiger partial charge < -0.3 is 25.5 Å². The average molecular weight is 208 g/mol. The van der Waals surface area contributed by atoms with Gasteiger partial charge in [-0.25, -0.2) is 0 Å². The van der Waals surface area contributed by atoms with E-state index in [0.29, 0.717) is 12.8 Å². The molecule has 1 atom stereocenters. The first-order valence-corrected chi connectivity index (χ1v) is 4.75. The molecule has 0 radical (unpaired) electrons. The fourth-order valence-corrected chi connectivity index (χ4v) is 1.27. The Hall–Kier alpha value is -0.200. The van der Waals surface area contributed by atoms with E-state index in [4.69, 9.17) is 20.4 Å². The van der Waals surface area contributed by atoms with E-state index in [9.17, 15) is 5.11 Å². The van der Waals surface area contributed by atoms with Crippen LogP contribution >= 0.6 is 0 Å². The highest BCUT2D eigenvalue weighted by Crippen LogP contribution is 2.23. The second kappa shape index (κ2) is 7.14. The molecule has 0 rings (SSSR count). The molecule has 5 N–H and O–H groups in total. The SMILES string of the molecule is OCCCC(O)CC(CO)(CO)CO. The van der Waals surface area contributed by atoms with Crippen LogP contribution in [0.15, 0.2) is 0 Å². The minimum atomic E-state index is -1.02. The molecule has 0 fully saturated rings. The van der Waals surface area contributed by atoms with E-state index in [1.807, 2.05) is 0 Å². The molecular weight excluding hydrogens is 188 g/mol. The molecular formula is C9H20O5. The molecule has 0 saturated carbocycles. The topological polar surface area (TPSA) is 101 Å². The van der Waals surface area contributed by atoms with Crippen molar-refractivity contribution in [2.45, 2.75) is 25.4 Å². The second-order valence-electron chi connectivity index (χ2n) is 3.70. The van der Waals surface area contributed by atoms with Crippen molar-refractivity contribution >= 4 is 0 Å². The molecule has 0 aliphatic heterocycles. The summed E-state index contributed by atoms with van der Waals surface area (Å²) in [6.07, 6.45) is 0.294. The highest BCUT2D eigenvalue weighted by molar-refractivity contribution is 4.80. The third kappa shape index (κ3) is 4.34. The Bertz CT molecular complexity index is 127. The number of hydrogen-bond acceptors (Lipinski definition) is 5. The smallest absolute Gasteiger partial charge is 0.0549 e. The highest BCUT2D eigenvalue weighted by atomic mass is 16.3. The maximum atomic E-state index is 9.46. The van der Waals surface area contributed by atoms with Crippen LogP contribution in [0.4, 0.5) is 0 Å². The number of hydrogen-bond donors (Lipinski definition) is 5. The minimum absolute atomic E-state index is 0.00142. The van der Waals surface area contributed by atoms with Gasteiger partial charge in [0.05, 0.1) is 25.9 Å². The van der Waals surface area contributed by atoms with E-state index >= 15 is 0 Å². The van der Waals surface area contributed by atoms with Gasteiger partial charge in [0.2, 0.25) is 0 Å². The zero-order valence-corrected chi connectivity index (χ0v) is 8.26. The quantitative estimate of drug-likeness (QED) is 0.333. The summed E-state index contributed by atoms with van der Waals surface area (Å²) in [6.45, 7) is -1.09. The van der Waals surface area contributed by atoms with E-state index in [1.165, 1.54) is 0 Å². The summed E-state index contributed by atoms with van der Waals surface area (Å²) in [6, 6.07) is 0. The van der Waals surface area contributed by atoms with Gasteiger partial charge in [0.15, 0.2) is 0 Å². The Balaban J connectivity index is 4.01. The number of aliphatic hydroxyl groups excluding tert-OH is 5. The minimum Gasteiger partial charge on any atom is -0.396 e. The summed E-state index contributed by atoms with van der Waals surface area (Å²) in [5.74, 6) is 0. The van der Waals surface area contributed by atoms with Crippen molar-refractivity contribution in [3.8, 4) is 0 Å². The van der Waals surface area contributed by atoms with E-state index in [1.54, 1.807) is 0 Å². The zero-order chi connectivity index (χ0) is 11.0. The largest absolute Gasteiger partial charge is 0.396 e. The summed E-state index contributed by atoms with van der Waals surface area (Å²) in [4.78, 5) is 0. The Morgan fingerprint density at radius 3 is 1.79 bits per heavy atom. The molecule has 0 saturated heterocycles. The molecule has 1 unspecified atom stereocenters. The summed E-state index contributed by atoms with van der Waals surface area (Å²) in [5, 5.41) is 44.9. The fourth-order valence-electron chi connectivity index (χ4n) is 1.27. The second-order valence-corrected chi connectivity index (χ2v) is 3.70. The van der Waals surface area contributed by atoms with Gasteiger partial charge >= 0.3 is 0 Å². The molecule has 0 amide bonds. The van der Waals surface area contributed by atoms with E-state index in [-0.39, 0.29) is 32.8 Å². The first-order chi connectivity index (χ1) is 6.64. The molecule has 0 aliphatic rings. The number of aliphatic hydroxyl groups is 5. The predicted octanol–water partition coefficient (Wildman–Crippen LogP) is -1.53. The molecule has 0 aromatic rings. The summed E-state index contributed by atoms with van der Waals surface area (Å²) in [5.41, 5.74) is -1.02. The van der Waals surface area contributed by atoms with Gasteiger partial charge in [0, 0.05) is 12.0 Å². The van der Waals surface area contributed by atoms with Gasteiger partial charge in [-0.1, -0.05) is 0 Å². The fraction of sp³-hybridized carbons (Fsp3) is 1.00. The van der Waals surface area contributed by atoms with Crippen LogP contribution < -0.4 is 0 Å². The molecule has 14 heavy (non-hydrogen) atoms. The Morgan fingerprint density at radius 1 is 0.929 bits per heavy atom. The van der Waals surface area contributed by atoms with Crippen LogP contribution in [0.2, 0.25) is 0 Å². The Labute approximate surface area is 83.6 Å². The van der Waals surface area contributed by atoms with Gasteiger partial charge in [-0.3, -0.25) is 0 Å².